The van der Waals surface area contributed by atoms with Crippen LogP contribution in [0.5, 0.6) is 0 Å². The zero-order chi connectivity index (χ0) is 17.4. The van der Waals surface area contributed by atoms with Crippen LogP contribution in [-0.4, -0.2) is 54.4 Å². The van der Waals surface area contributed by atoms with Crippen molar-refractivity contribution < 1.29 is 28.7 Å². The second-order valence-electron chi connectivity index (χ2n) is 6.47. The second-order valence-corrected chi connectivity index (χ2v) is 6.47. The molecule has 0 fully saturated rings. The van der Waals surface area contributed by atoms with Crippen LogP contribution in [0.15, 0.2) is 0 Å². The number of ether oxygens (including phenoxy) is 2. The number of alkyl carbamates (subject to hydrolysis) is 1. The standard InChI is InChI=1S/C14H26N2O6/c1-13(2,3)21-11(18)15-7-10-20-16(8-9-17)12(19)22-14(4,5)6/h9H,7-8,10H2,1-6H3,(H,15,18). The third-order valence-electron chi connectivity index (χ3n) is 1.85. The van der Waals surface area contributed by atoms with E-state index >= 15 is 0 Å². The van der Waals surface area contributed by atoms with Crippen molar-refractivity contribution in [1.29, 1.82) is 0 Å². The number of carbonyl (C=O) groups excluding carboxylic acids is 3. The van der Waals surface area contributed by atoms with Crippen molar-refractivity contribution in [3.63, 3.8) is 0 Å². The minimum atomic E-state index is -0.767. The zero-order valence-electron chi connectivity index (χ0n) is 14.1. The van der Waals surface area contributed by atoms with Crippen molar-refractivity contribution in [2.75, 3.05) is 19.7 Å². The number of nitrogens with zero attached hydrogens (tertiary/aromatic N) is 1. The van der Waals surface area contributed by atoms with Crippen LogP contribution in [-0.2, 0) is 19.1 Å². The molecular weight excluding hydrogens is 292 g/mol. The summed E-state index contributed by atoms with van der Waals surface area (Å²) in [5.41, 5.74) is -1.29. The molecular formula is C14H26N2O6. The maximum atomic E-state index is 11.8. The lowest BCUT2D eigenvalue weighted by Crippen LogP contribution is -2.40. The van der Waals surface area contributed by atoms with Crippen molar-refractivity contribution in [3.05, 3.63) is 0 Å². The van der Waals surface area contributed by atoms with Gasteiger partial charge in [-0.15, -0.1) is 0 Å². The largest absolute Gasteiger partial charge is 0.444 e. The fourth-order valence-corrected chi connectivity index (χ4v) is 1.18. The molecule has 0 aliphatic rings. The van der Waals surface area contributed by atoms with Crippen molar-refractivity contribution in [3.8, 4) is 0 Å². The van der Waals surface area contributed by atoms with Gasteiger partial charge in [-0.2, -0.15) is 5.06 Å². The van der Waals surface area contributed by atoms with E-state index in [1.165, 1.54) is 0 Å². The number of amides is 2. The minimum absolute atomic E-state index is 0.00761. The molecule has 0 aromatic heterocycles. The third kappa shape index (κ3) is 10.9. The van der Waals surface area contributed by atoms with Gasteiger partial charge in [-0.25, -0.2) is 9.59 Å². The maximum Gasteiger partial charge on any atom is 0.434 e. The van der Waals surface area contributed by atoms with E-state index in [1.807, 2.05) is 0 Å². The van der Waals surface area contributed by atoms with Gasteiger partial charge in [0.2, 0.25) is 0 Å². The van der Waals surface area contributed by atoms with Crippen molar-refractivity contribution in [1.82, 2.24) is 10.4 Å². The van der Waals surface area contributed by atoms with Crippen LogP contribution in [0.2, 0.25) is 0 Å². The van der Waals surface area contributed by atoms with Gasteiger partial charge in [-0.1, -0.05) is 0 Å². The summed E-state index contributed by atoms with van der Waals surface area (Å²) >= 11 is 0. The quantitative estimate of drug-likeness (QED) is 0.456. The molecule has 0 spiro atoms. The second kappa shape index (κ2) is 8.57. The van der Waals surface area contributed by atoms with Crippen molar-refractivity contribution in [2.45, 2.75) is 52.7 Å². The average Bonchev–Trinajstić information content (AvgIpc) is 2.28. The van der Waals surface area contributed by atoms with Crippen LogP contribution in [0.1, 0.15) is 41.5 Å². The third-order valence-corrected chi connectivity index (χ3v) is 1.85. The van der Waals surface area contributed by atoms with E-state index in [0.29, 0.717) is 6.29 Å². The van der Waals surface area contributed by atoms with Crippen LogP contribution < -0.4 is 5.32 Å². The summed E-state index contributed by atoms with van der Waals surface area (Å²) in [6.07, 6.45) is -0.835. The summed E-state index contributed by atoms with van der Waals surface area (Å²) in [6.45, 7) is 10.2. The Balaban J connectivity index is 4.19. The number of rotatable bonds is 6. The first kappa shape index (κ1) is 20.2. The van der Waals surface area contributed by atoms with Crippen LogP contribution in [0.25, 0.3) is 0 Å². The summed E-state index contributed by atoms with van der Waals surface area (Å²) in [6, 6.07) is 0. The predicted octanol–water partition coefficient (Wildman–Crippen LogP) is 1.88. The molecule has 0 bridgehead atoms. The first-order valence-electron chi connectivity index (χ1n) is 6.98. The highest BCUT2D eigenvalue weighted by molar-refractivity contribution is 5.70. The van der Waals surface area contributed by atoms with Crippen LogP contribution in [0.4, 0.5) is 9.59 Å². The Morgan fingerprint density at radius 2 is 1.59 bits per heavy atom. The number of aldehydes is 1. The molecule has 0 aliphatic carbocycles. The number of hydroxylamine groups is 2. The van der Waals surface area contributed by atoms with E-state index in [1.54, 1.807) is 41.5 Å². The van der Waals surface area contributed by atoms with Crippen molar-refractivity contribution >= 4 is 18.5 Å². The van der Waals surface area contributed by atoms with Crippen LogP contribution >= 0.6 is 0 Å². The van der Waals surface area contributed by atoms with Crippen LogP contribution in [0, 0.1) is 0 Å². The zero-order valence-corrected chi connectivity index (χ0v) is 14.1. The van der Waals surface area contributed by atoms with E-state index in [9.17, 15) is 14.4 Å². The fraction of sp³-hybridized carbons (Fsp3) is 0.786. The maximum absolute atomic E-state index is 11.8. The summed E-state index contributed by atoms with van der Waals surface area (Å²) in [5.74, 6) is 0. The van der Waals surface area contributed by atoms with E-state index in [0.717, 1.165) is 5.06 Å². The molecule has 0 aliphatic heterocycles. The Kier molecular flexibility index (Phi) is 7.86. The number of carbonyl (C=O) groups is 3. The molecule has 0 saturated carbocycles. The lowest BCUT2D eigenvalue weighted by atomic mass is 10.2. The first-order valence-corrected chi connectivity index (χ1v) is 6.98. The van der Waals surface area contributed by atoms with Gasteiger partial charge in [0.1, 0.15) is 24.0 Å². The van der Waals surface area contributed by atoms with E-state index in [-0.39, 0.29) is 19.7 Å². The van der Waals surface area contributed by atoms with Gasteiger partial charge in [0.25, 0.3) is 0 Å². The Hall–Kier alpha value is -1.83. The fourth-order valence-electron chi connectivity index (χ4n) is 1.18. The lowest BCUT2D eigenvalue weighted by molar-refractivity contribution is -0.150. The Morgan fingerprint density at radius 3 is 2.05 bits per heavy atom. The molecule has 0 radical (unpaired) electrons. The summed E-state index contributed by atoms with van der Waals surface area (Å²) in [4.78, 5) is 38.9. The topological polar surface area (TPSA) is 94.2 Å². The summed E-state index contributed by atoms with van der Waals surface area (Å²) in [5, 5.41) is 3.27. The van der Waals surface area contributed by atoms with Crippen molar-refractivity contribution in [2.24, 2.45) is 0 Å². The molecule has 22 heavy (non-hydrogen) atoms. The molecule has 2 amide bonds. The molecule has 0 heterocycles. The predicted molar refractivity (Wildman–Crippen MR) is 79.2 cm³/mol. The molecule has 0 unspecified atom stereocenters. The molecule has 0 atom stereocenters. The molecule has 8 heteroatoms. The highest BCUT2D eigenvalue weighted by Gasteiger charge is 2.23. The van der Waals surface area contributed by atoms with Gasteiger partial charge in [-0.05, 0) is 41.5 Å². The summed E-state index contributed by atoms with van der Waals surface area (Å²) in [7, 11) is 0. The van der Waals surface area contributed by atoms with E-state index < -0.39 is 23.4 Å². The van der Waals surface area contributed by atoms with Gasteiger partial charge in [-0.3, -0.25) is 4.84 Å². The molecule has 0 aromatic carbocycles. The van der Waals surface area contributed by atoms with Gasteiger partial charge in [0, 0.05) is 6.54 Å². The van der Waals surface area contributed by atoms with E-state index in [4.69, 9.17) is 14.3 Å². The summed E-state index contributed by atoms with van der Waals surface area (Å²) < 4.78 is 10.1. The Bertz CT molecular complexity index is 384. The van der Waals surface area contributed by atoms with Gasteiger partial charge in [0.15, 0.2) is 0 Å². The molecule has 0 saturated heterocycles. The molecule has 0 rings (SSSR count). The molecule has 128 valence electrons. The SMILES string of the molecule is CC(C)(C)OC(=O)NCCON(CC=O)C(=O)OC(C)(C)C. The average molecular weight is 318 g/mol. The Labute approximate surface area is 131 Å². The first-order chi connectivity index (χ1) is 9.94. The molecule has 8 nitrogen and oxygen atoms in total. The molecule has 1 N–H and O–H groups in total. The Morgan fingerprint density at radius 1 is 1.05 bits per heavy atom. The van der Waals surface area contributed by atoms with E-state index in [2.05, 4.69) is 5.32 Å². The minimum Gasteiger partial charge on any atom is -0.444 e. The lowest BCUT2D eigenvalue weighted by Gasteiger charge is -2.25. The molecule has 0 aromatic rings. The number of hydrogen-bond acceptors (Lipinski definition) is 6. The van der Waals surface area contributed by atoms with Crippen LogP contribution in [0.3, 0.4) is 0 Å². The van der Waals surface area contributed by atoms with Gasteiger partial charge >= 0.3 is 12.2 Å². The highest BCUT2D eigenvalue weighted by Crippen LogP contribution is 2.10. The van der Waals surface area contributed by atoms with Gasteiger partial charge < -0.3 is 19.6 Å². The normalized spacial score (nSPS) is 11.5. The monoisotopic (exact) mass is 318 g/mol. The number of hydrogen-bond donors (Lipinski definition) is 1. The highest BCUT2D eigenvalue weighted by atomic mass is 16.7. The smallest absolute Gasteiger partial charge is 0.434 e. The van der Waals surface area contributed by atoms with Gasteiger partial charge in [0.05, 0.1) is 6.61 Å². The number of nitrogens with one attached hydrogen (secondary N) is 1.